The number of nitrogens with one attached hydrogen (secondary N) is 1. The van der Waals surface area contributed by atoms with Crippen LogP contribution in [-0.4, -0.2) is 30.5 Å². The van der Waals surface area contributed by atoms with Crippen molar-refractivity contribution < 1.29 is 4.79 Å². The van der Waals surface area contributed by atoms with Gasteiger partial charge in [0.05, 0.1) is 5.69 Å². The van der Waals surface area contributed by atoms with Crippen LogP contribution in [0, 0.1) is 0 Å². The number of para-hydroxylation sites is 1. The second kappa shape index (κ2) is 7.20. The molecule has 0 aliphatic rings. The fourth-order valence-corrected chi connectivity index (χ4v) is 2.71. The molecule has 1 amide bonds. The first kappa shape index (κ1) is 16.6. The van der Waals surface area contributed by atoms with Crippen LogP contribution in [0.5, 0.6) is 0 Å². The average Bonchev–Trinajstić information content (AvgIpc) is 3.15. The molecular weight excluding hydrogens is 344 g/mol. The molecular formula is C19H16N6O2. The Morgan fingerprint density at radius 2 is 1.70 bits per heavy atom. The van der Waals surface area contributed by atoms with Gasteiger partial charge in [-0.15, -0.1) is 5.10 Å². The van der Waals surface area contributed by atoms with E-state index < -0.39 is 5.56 Å². The number of carbonyl (C=O) groups excluding carboxylic acids is 1. The van der Waals surface area contributed by atoms with E-state index in [1.54, 1.807) is 0 Å². The molecule has 2 aromatic heterocycles. The Hall–Kier alpha value is -3.81. The number of aromatic nitrogens is 5. The molecule has 0 bridgehead atoms. The largest absolute Gasteiger partial charge is 0.350 e. The van der Waals surface area contributed by atoms with Crippen molar-refractivity contribution in [1.29, 1.82) is 0 Å². The van der Waals surface area contributed by atoms with Crippen LogP contribution in [0.4, 0.5) is 0 Å². The van der Waals surface area contributed by atoms with E-state index >= 15 is 0 Å². The lowest BCUT2D eigenvalue weighted by Crippen LogP contribution is -2.32. The van der Waals surface area contributed by atoms with Crippen LogP contribution in [0.2, 0.25) is 0 Å². The van der Waals surface area contributed by atoms with Crippen LogP contribution >= 0.6 is 0 Å². The van der Waals surface area contributed by atoms with E-state index in [-0.39, 0.29) is 18.0 Å². The maximum Gasteiger partial charge on any atom is 0.284 e. The molecule has 0 radical (unpaired) electrons. The van der Waals surface area contributed by atoms with Gasteiger partial charge in [-0.25, -0.2) is 4.98 Å². The molecule has 27 heavy (non-hydrogen) atoms. The topological polar surface area (TPSA) is 94.7 Å². The molecule has 4 aromatic rings. The van der Waals surface area contributed by atoms with Gasteiger partial charge in [0.25, 0.3) is 5.56 Å². The van der Waals surface area contributed by atoms with Gasteiger partial charge in [0.1, 0.15) is 12.9 Å². The maximum absolute atomic E-state index is 12.6. The van der Waals surface area contributed by atoms with Gasteiger partial charge in [-0.05, 0) is 17.7 Å². The highest BCUT2D eigenvalue weighted by Crippen LogP contribution is 2.10. The predicted octanol–water partition coefficient (Wildman–Crippen LogP) is 1.29. The predicted molar refractivity (Wildman–Crippen MR) is 99.2 cm³/mol. The summed E-state index contributed by atoms with van der Waals surface area (Å²) < 4.78 is 2.73. The SMILES string of the molecule is O=C(Cn1cnc2c(nnn2-c2ccccc2)c1=O)NCc1ccccc1. The third-order valence-corrected chi connectivity index (χ3v) is 4.08. The van der Waals surface area contributed by atoms with Gasteiger partial charge >= 0.3 is 0 Å². The molecule has 2 aromatic carbocycles. The van der Waals surface area contributed by atoms with Crippen LogP contribution in [0.25, 0.3) is 16.9 Å². The minimum atomic E-state index is -0.406. The van der Waals surface area contributed by atoms with E-state index in [0.29, 0.717) is 12.2 Å². The van der Waals surface area contributed by atoms with Gasteiger partial charge < -0.3 is 5.32 Å². The number of carbonyl (C=O) groups is 1. The van der Waals surface area contributed by atoms with Crippen LogP contribution in [-0.2, 0) is 17.9 Å². The van der Waals surface area contributed by atoms with Crippen molar-refractivity contribution in [3.05, 3.63) is 82.9 Å². The normalized spacial score (nSPS) is 10.8. The molecule has 0 saturated carbocycles. The fourth-order valence-electron chi connectivity index (χ4n) is 2.71. The summed E-state index contributed by atoms with van der Waals surface area (Å²) in [6.45, 7) is 0.265. The lowest BCUT2D eigenvalue weighted by molar-refractivity contribution is -0.121. The number of benzene rings is 2. The highest BCUT2D eigenvalue weighted by Gasteiger charge is 2.14. The van der Waals surface area contributed by atoms with Crippen molar-refractivity contribution in [2.75, 3.05) is 0 Å². The van der Waals surface area contributed by atoms with Crippen molar-refractivity contribution in [2.24, 2.45) is 0 Å². The Morgan fingerprint density at radius 3 is 2.44 bits per heavy atom. The lowest BCUT2D eigenvalue weighted by atomic mass is 10.2. The summed E-state index contributed by atoms with van der Waals surface area (Å²) in [5.41, 5.74) is 1.81. The zero-order valence-corrected chi connectivity index (χ0v) is 14.3. The molecule has 134 valence electrons. The number of rotatable bonds is 5. The maximum atomic E-state index is 12.6. The van der Waals surface area contributed by atoms with Crippen LogP contribution in [0.1, 0.15) is 5.56 Å². The highest BCUT2D eigenvalue weighted by atomic mass is 16.2. The molecule has 2 heterocycles. The van der Waals surface area contributed by atoms with Gasteiger partial charge in [-0.3, -0.25) is 14.2 Å². The number of hydrogen-bond donors (Lipinski definition) is 1. The first-order valence-corrected chi connectivity index (χ1v) is 8.39. The number of hydrogen-bond acceptors (Lipinski definition) is 5. The molecule has 0 spiro atoms. The summed E-state index contributed by atoms with van der Waals surface area (Å²) in [6.07, 6.45) is 1.34. The number of nitrogens with zero attached hydrogens (tertiary/aromatic N) is 5. The Morgan fingerprint density at radius 1 is 1.00 bits per heavy atom. The summed E-state index contributed by atoms with van der Waals surface area (Å²) in [4.78, 5) is 29.0. The highest BCUT2D eigenvalue weighted by molar-refractivity contribution is 5.76. The van der Waals surface area contributed by atoms with E-state index in [1.165, 1.54) is 15.6 Å². The van der Waals surface area contributed by atoms with Crippen LogP contribution < -0.4 is 10.9 Å². The van der Waals surface area contributed by atoms with Gasteiger partial charge in [0.15, 0.2) is 11.2 Å². The Bertz CT molecular complexity index is 1140. The third kappa shape index (κ3) is 3.45. The first-order valence-electron chi connectivity index (χ1n) is 8.39. The van der Waals surface area contributed by atoms with Crippen molar-refractivity contribution in [3.8, 4) is 5.69 Å². The minimum Gasteiger partial charge on any atom is -0.350 e. The zero-order chi connectivity index (χ0) is 18.6. The Balaban J connectivity index is 1.54. The summed E-state index contributed by atoms with van der Waals surface area (Å²) >= 11 is 0. The Kier molecular flexibility index (Phi) is 4.44. The van der Waals surface area contributed by atoms with Crippen molar-refractivity contribution in [1.82, 2.24) is 29.9 Å². The zero-order valence-electron chi connectivity index (χ0n) is 14.3. The van der Waals surface area contributed by atoms with Crippen molar-refractivity contribution >= 4 is 17.1 Å². The summed E-state index contributed by atoms with van der Waals surface area (Å²) in [5, 5.41) is 10.7. The molecule has 1 N–H and O–H groups in total. The monoisotopic (exact) mass is 360 g/mol. The van der Waals surface area contributed by atoms with Crippen LogP contribution in [0.15, 0.2) is 71.8 Å². The van der Waals surface area contributed by atoms with E-state index in [4.69, 9.17) is 0 Å². The second-order valence-electron chi connectivity index (χ2n) is 5.95. The molecule has 0 aliphatic carbocycles. The third-order valence-electron chi connectivity index (χ3n) is 4.08. The molecule has 0 atom stereocenters. The lowest BCUT2D eigenvalue weighted by Gasteiger charge is -2.07. The quantitative estimate of drug-likeness (QED) is 0.579. The van der Waals surface area contributed by atoms with E-state index in [0.717, 1.165) is 11.3 Å². The van der Waals surface area contributed by atoms with Gasteiger partial charge in [0.2, 0.25) is 5.91 Å². The number of fused-ring (bicyclic) bond motifs is 1. The van der Waals surface area contributed by atoms with Crippen molar-refractivity contribution in [2.45, 2.75) is 13.1 Å². The molecule has 0 unspecified atom stereocenters. The molecule has 0 saturated heterocycles. The molecule has 0 fully saturated rings. The molecule has 8 heteroatoms. The molecule has 4 rings (SSSR count). The number of amides is 1. The standard InChI is InChI=1S/C19H16N6O2/c26-16(20-11-14-7-3-1-4-8-14)12-24-13-21-18-17(19(24)27)22-23-25(18)15-9-5-2-6-10-15/h1-10,13H,11-12H2,(H,20,26). The second-order valence-corrected chi connectivity index (χ2v) is 5.95. The first-order chi connectivity index (χ1) is 13.2. The minimum absolute atomic E-state index is 0.122. The van der Waals surface area contributed by atoms with Gasteiger partial charge in [-0.1, -0.05) is 53.7 Å². The van der Waals surface area contributed by atoms with E-state index in [9.17, 15) is 9.59 Å². The van der Waals surface area contributed by atoms with Crippen molar-refractivity contribution in [3.63, 3.8) is 0 Å². The molecule has 0 aliphatic heterocycles. The fraction of sp³-hybridized carbons (Fsp3) is 0.105. The van der Waals surface area contributed by atoms with E-state index in [1.807, 2.05) is 60.7 Å². The van der Waals surface area contributed by atoms with E-state index in [2.05, 4.69) is 20.6 Å². The summed E-state index contributed by atoms with van der Waals surface area (Å²) in [6, 6.07) is 18.9. The smallest absolute Gasteiger partial charge is 0.284 e. The average molecular weight is 360 g/mol. The molecule has 8 nitrogen and oxygen atoms in total. The summed E-state index contributed by atoms with van der Waals surface area (Å²) in [7, 11) is 0. The van der Waals surface area contributed by atoms with Crippen LogP contribution in [0.3, 0.4) is 0 Å². The summed E-state index contributed by atoms with van der Waals surface area (Å²) in [5.74, 6) is -0.280. The Labute approximate surface area is 154 Å². The van der Waals surface area contributed by atoms with Gasteiger partial charge in [-0.2, -0.15) is 4.68 Å². The van der Waals surface area contributed by atoms with Gasteiger partial charge in [0, 0.05) is 6.54 Å².